The molecular weight excluding hydrogens is 226 g/mol. The standard InChI is InChI=1S/C13H19N5/c1-9(2)11-6-12(17-13(15)16-11)18-5-3-4-10(7-14)8-18/h6,9-10H,3-5,8H2,1-2H3,(H2,15,16,17). The number of nitrogens with two attached hydrogens (primary N) is 1. The van der Waals surface area contributed by atoms with Crippen LogP contribution < -0.4 is 10.6 Å². The van der Waals surface area contributed by atoms with Gasteiger partial charge in [0.15, 0.2) is 0 Å². The maximum atomic E-state index is 9.02. The van der Waals surface area contributed by atoms with Crippen molar-refractivity contribution in [3.8, 4) is 6.07 Å². The van der Waals surface area contributed by atoms with Crippen LogP contribution >= 0.6 is 0 Å². The second-order valence-corrected chi connectivity index (χ2v) is 5.08. The number of anilines is 2. The summed E-state index contributed by atoms with van der Waals surface area (Å²) in [6.45, 7) is 5.84. The Balaban J connectivity index is 2.25. The lowest BCUT2D eigenvalue weighted by Crippen LogP contribution is -2.35. The summed E-state index contributed by atoms with van der Waals surface area (Å²) in [5, 5.41) is 9.02. The fraction of sp³-hybridized carbons (Fsp3) is 0.615. The van der Waals surface area contributed by atoms with E-state index in [4.69, 9.17) is 11.0 Å². The lowest BCUT2D eigenvalue weighted by atomic mass is 9.99. The zero-order valence-electron chi connectivity index (χ0n) is 10.9. The van der Waals surface area contributed by atoms with Gasteiger partial charge in [-0.15, -0.1) is 0 Å². The van der Waals surface area contributed by atoms with Gasteiger partial charge in [0.1, 0.15) is 5.82 Å². The van der Waals surface area contributed by atoms with Crippen LogP contribution in [-0.4, -0.2) is 23.1 Å². The summed E-state index contributed by atoms with van der Waals surface area (Å²) in [4.78, 5) is 10.7. The molecule has 1 aromatic rings. The van der Waals surface area contributed by atoms with Crippen LogP contribution in [0.25, 0.3) is 0 Å². The van der Waals surface area contributed by atoms with Gasteiger partial charge in [-0.3, -0.25) is 0 Å². The van der Waals surface area contributed by atoms with Crippen LogP contribution in [0.4, 0.5) is 11.8 Å². The van der Waals surface area contributed by atoms with Crippen molar-refractivity contribution in [2.75, 3.05) is 23.7 Å². The summed E-state index contributed by atoms with van der Waals surface area (Å²) in [6, 6.07) is 4.33. The Morgan fingerprint density at radius 3 is 2.94 bits per heavy atom. The topological polar surface area (TPSA) is 78.8 Å². The second-order valence-electron chi connectivity index (χ2n) is 5.08. The van der Waals surface area contributed by atoms with Gasteiger partial charge in [0.05, 0.1) is 17.7 Å². The third kappa shape index (κ3) is 2.70. The number of nitrogens with zero attached hydrogens (tertiary/aromatic N) is 4. The van der Waals surface area contributed by atoms with Crippen molar-refractivity contribution < 1.29 is 0 Å². The normalized spacial score (nSPS) is 19.9. The van der Waals surface area contributed by atoms with Gasteiger partial charge < -0.3 is 10.6 Å². The first-order chi connectivity index (χ1) is 8.60. The highest BCUT2D eigenvalue weighted by Gasteiger charge is 2.21. The number of hydrogen-bond donors (Lipinski definition) is 1. The first kappa shape index (κ1) is 12.6. The predicted octanol–water partition coefficient (Wildman–Crippen LogP) is 1.92. The lowest BCUT2D eigenvalue weighted by molar-refractivity contribution is 0.490. The number of hydrogen-bond acceptors (Lipinski definition) is 5. The van der Waals surface area contributed by atoms with Crippen molar-refractivity contribution in [3.05, 3.63) is 11.8 Å². The Labute approximate surface area is 108 Å². The zero-order chi connectivity index (χ0) is 13.1. The smallest absolute Gasteiger partial charge is 0.222 e. The van der Waals surface area contributed by atoms with Crippen molar-refractivity contribution in [1.82, 2.24) is 9.97 Å². The molecule has 5 nitrogen and oxygen atoms in total. The molecule has 2 N–H and O–H groups in total. The van der Waals surface area contributed by atoms with Crippen LogP contribution in [0.2, 0.25) is 0 Å². The number of piperidine rings is 1. The molecule has 1 aliphatic rings. The van der Waals surface area contributed by atoms with E-state index in [1.807, 2.05) is 6.07 Å². The molecule has 1 aliphatic heterocycles. The molecule has 2 heterocycles. The SMILES string of the molecule is CC(C)c1cc(N2CCCC(C#N)C2)nc(N)n1. The molecule has 0 aliphatic carbocycles. The molecule has 96 valence electrons. The monoisotopic (exact) mass is 245 g/mol. The lowest BCUT2D eigenvalue weighted by Gasteiger charge is -2.30. The van der Waals surface area contributed by atoms with Crippen molar-refractivity contribution in [2.24, 2.45) is 5.92 Å². The molecular formula is C13H19N5. The second kappa shape index (κ2) is 5.21. The summed E-state index contributed by atoms with van der Waals surface area (Å²) in [7, 11) is 0. The van der Waals surface area contributed by atoms with Crippen molar-refractivity contribution in [3.63, 3.8) is 0 Å². The molecule has 1 atom stereocenters. The average Bonchev–Trinajstić information content (AvgIpc) is 2.38. The highest BCUT2D eigenvalue weighted by molar-refractivity contribution is 5.44. The number of rotatable bonds is 2. The van der Waals surface area contributed by atoms with Crippen LogP contribution in [0, 0.1) is 17.2 Å². The molecule has 5 heteroatoms. The Hall–Kier alpha value is -1.83. The quantitative estimate of drug-likeness (QED) is 0.861. The van der Waals surface area contributed by atoms with Crippen LogP contribution in [0.1, 0.15) is 38.3 Å². The van der Waals surface area contributed by atoms with Gasteiger partial charge in [-0.05, 0) is 18.8 Å². The highest BCUT2D eigenvalue weighted by atomic mass is 15.2. The van der Waals surface area contributed by atoms with E-state index >= 15 is 0 Å². The third-order valence-electron chi connectivity index (χ3n) is 3.27. The Bertz CT molecular complexity index is 463. The first-order valence-electron chi connectivity index (χ1n) is 6.39. The minimum absolute atomic E-state index is 0.0949. The van der Waals surface area contributed by atoms with Crippen LogP contribution in [-0.2, 0) is 0 Å². The van der Waals surface area contributed by atoms with E-state index in [2.05, 4.69) is 34.8 Å². The summed E-state index contributed by atoms with van der Waals surface area (Å²) < 4.78 is 0. The molecule has 1 aromatic heterocycles. The molecule has 2 rings (SSSR count). The van der Waals surface area contributed by atoms with E-state index in [0.29, 0.717) is 11.9 Å². The van der Waals surface area contributed by atoms with Gasteiger partial charge in [-0.2, -0.15) is 10.2 Å². The maximum absolute atomic E-state index is 9.02. The minimum atomic E-state index is 0.0949. The van der Waals surface area contributed by atoms with Crippen molar-refractivity contribution in [1.29, 1.82) is 5.26 Å². The molecule has 0 bridgehead atoms. The summed E-state index contributed by atoms with van der Waals surface area (Å²) in [5.74, 6) is 1.59. The van der Waals surface area contributed by atoms with E-state index in [1.54, 1.807) is 0 Å². The van der Waals surface area contributed by atoms with Crippen LogP contribution in [0.15, 0.2) is 6.07 Å². The number of nitrogen functional groups attached to an aromatic ring is 1. The molecule has 0 aromatic carbocycles. The maximum Gasteiger partial charge on any atom is 0.222 e. The summed E-state index contributed by atoms with van der Waals surface area (Å²) in [6.07, 6.45) is 2.00. The molecule has 0 spiro atoms. The molecule has 0 amide bonds. The number of aromatic nitrogens is 2. The Kier molecular flexibility index (Phi) is 3.66. The van der Waals surface area contributed by atoms with E-state index in [0.717, 1.165) is 37.4 Å². The summed E-state index contributed by atoms with van der Waals surface area (Å²) >= 11 is 0. The predicted molar refractivity (Wildman–Crippen MR) is 71.1 cm³/mol. The van der Waals surface area contributed by atoms with Gasteiger partial charge in [-0.1, -0.05) is 13.8 Å². The molecule has 0 saturated carbocycles. The van der Waals surface area contributed by atoms with Gasteiger partial charge in [0.2, 0.25) is 5.95 Å². The van der Waals surface area contributed by atoms with Gasteiger partial charge >= 0.3 is 0 Å². The van der Waals surface area contributed by atoms with E-state index in [1.165, 1.54) is 0 Å². The molecule has 1 saturated heterocycles. The average molecular weight is 245 g/mol. The fourth-order valence-corrected chi connectivity index (χ4v) is 2.22. The van der Waals surface area contributed by atoms with Crippen LogP contribution in [0.5, 0.6) is 0 Å². The molecule has 1 fully saturated rings. The van der Waals surface area contributed by atoms with Crippen molar-refractivity contribution >= 4 is 11.8 Å². The largest absolute Gasteiger partial charge is 0.368 e. The summed E-state index contributed by atoms with van der Waals surface area (Å²) in [5.41, 5.74) is 6.71. The third-order valence-corrected chi connectivity index (χ3v) is 3.27. The Morgan fingerprint density at radius 1 is 1.50 bits per heavy atom. The molecule has 1 unspecified atom stereocenters. The van der Waals surface area contributed by atoms with E-state index < -0.39 is 0 Å². The molecule has 18 heavy (non-hydrogen) atoms. The van der Waals surface area contributed by atoms with Gasteiger partial charge in [0, 0.05) is 19.2 Å². The van der Waals surface area contributed by atoms with Gasteiger partial charge in [0.25, 0.3) is 0 Å². The fourth-order valence-electron chi connectivity index (χ4n) is 2.22. The highest BCUT2D eigenvalue weighted by Crippen LogP contribution is 2.24. The Morgan fingerprint density at radius 2 is 2.28 bits per heavy atom. The first-order valence-corrected chi connectivity index (χ1v) is 6.39. The van der Waals surface area contributed by atoms with E-state index in [9.17, 15) is 0 Å². The van der Waals surface area contributed by atoms with E-state index in [-0.39, 0.29) is 5.92 Å². The number of nitriles is 1. The van der Waals surface area contributed by atoms with Gasteiger partial charge in [-0.25, -0.2) is 4.98 Å². The molecule has 0 radical (unpaired) electrons. The van der Waals surface area contributed by atoms with Crippen molar-refractivity contribution in [2.45, 2.75) is 32.6 Å². The minimum Gasteiger partial charge on any atom is -0.368 e. The van der Waals surface area contributed by atoms with Crippen LogP contribution in [0.3, 0.4) is 0 Å². The zero-order valence-corrected chi connectivity index (χ0v) is 10.9.